The molecule has 3 heteroatoms. The zero-order chi connectivity index (χ0) is 9.42. The Balaban J connectivity index is 2.77. The summed E-state index contributed by atoms with van der Waals surface area (Å²) in [5.74, 6) is -0.119. The molecule has 0 unspecified atom stereocenters. The Morgan fingerprint density at radius 1 is 1.46 bits per heavy atom. The second kappa shape index (κ2) is 3.39. The van der Waals surface area contributed by atoms with Gasteiger partial charge in [0.2, 0.25) is 0 Å². The third-order valence-corrected chi connectivity index (χ3v) is 3.75. The highest BCUT2D eigenvalue weighted by molar-refractivity contribution is 9.08. The van der Waals surface area contributed by atoms with Gasteiger partial charge in [-0.3, -0.25) is 0 Å². The highest BCUT2D eigenvalue weighted by Gasteiger charge is 2.06. The summed E-state index contributed by atoms with van der Waals surface area (Å²) in [4.78, 5) is 0. The van der Waals surface area contributed by atoms with E-state index in [1.807, 2.05) is 6.07 Å². The van der Waals surface area contributed by atoms with Gasteiger partial charge in [0.1, 0.15) is 5.82 Å². The molecule has 0 nitrogen and oxygen atoms in total. The van der Waals surface area contributed by atoms with Gasteiger partial charge < -0.3 is 0 Å². The lowest BCUT2D eigenvalue weighted by Crippen LogP contribution is -1.84. The lowest BCUT2D eigenvalue weighted by Gasteiger charge is -1.99. The van der Waals surface area contributed by atoms with Crippen LogP contribution in [0.4, 0.5) is 4.39 Å². The summed E-state index contributed by atoms with van der Waals surface area (Å²) in [6.45, 7) is 2.05. The molecule has 1 aromatic heterocycles. The highest BCUT2D eigenvalue weighted by Crippen LogP contribution is 2.28. The largest absolute Gasteiger partial charge is 0.207 e. The van der Waals surface area contributed by atoms with E-state index in [9.17, 15) is 4.39 Å². The van der Waals surface area contributed by atoms with Crippen molar-refractivity contribution in [1.82, 2.24) is 0 Å². The first-order valence-electron chi connectivity index (χ1n) is 3.94. The summed E-state index contributed by atoms with van der Waals surface area (Å²) in [6, 6.07) is 3.54. The molecule has 0 aliphatic heterocycles. The van der Waals surface area contributed by atoms with Crippen LogP contribution in [-0.4, -0.2) is 0 Å². The molecule has 2 rings (SSSR count). The predicted octanol–water partition coefficient (Wildman–Crippen LogP) is 4.24. The quantitative estimate of drug-likeness (QED) is 0.672. The Kier molecular flexibility index (Phi) is 2.39. The Morgan fingerprint density at radius 3 is 2.92 bits per heavy atom. The number of rotatable bonds is 1. The molecular weight excluding hydrogens is 251 g/mol. The Labute approximate surface area is 88.5 Å². The number of fused-ring (bicyclic) bond motifs is 1. The number of alkyl halides is 1. The molecule has 0 fully saturated rings. The summed E-state index contributed by atoms with van der Waals surface area (Å²) in [5, 5.41) is 3.80. The van der Waals surface area contributed by atoms with E-state index in [-0.39, 0.29) is 5.82 Å². The van der Waals surface area contributed by atoms with Gasteiger partial charge in [-0.25, -0.2) is 4.39 Å². The van der Waals surface area contributed by atoms with E-state index < -0.39 is 0 Å². The standard InChI is InChI=1S/C10H8BrFS/c1-6-5-13-10-3-9(12)7(4-11)2-8(6)10/h2-3,5H,4H2,1H3. The zero-order valence-electron chi connectivity index (χ0n) is 7.10. The van der Waals surface area contributed by atoms with Gasteiger partial charge in [-0.05, 0) is 40.9 Å². The molecule has 0 atom stereocenters. The Bertz CT molecular complexity index is 447. The van der Waals surface area contributed by atoms with Crippen molar-refractivity contribution >= 4 is 37.4 Å². The van der Waals surface area contributed by atoms with E-state index in [0.29, 0.717) is 5.33 Å². The molecule has 2 aromatic rings. The lowest BCUT2D eigenvalue weighted by atomic mass is 10.1. The van der Waals surface area contributed by atoms with Crippen LogP contribution < -0.4 is 0 Å². The summed E-state index contributed by atoms with van der Waals surface area (Å²) in [7, 11) is 0. The van der Waals surface area contributed by atoms with Crippen molar-refractivity contribution in [1.29, 1.82) is 0 Å². The SMILES string of the molecule is Cc1csc2cc(F)c(CBr)cc12. The number of hydrogen-bond acceptors (Lipinski definition) is 1. The first-order valence-corrected chi connectivity index (χ1v) is 5.94. The smallest absolute Gasteiger partial charge is 0.128 e. The van der Waals surface area contributed by atoms with E-state index in [1.165, 1.54) is 10.9 Å². The molecule has 0 aliphatic rings. The van der Waals surface area contributed by atoms with Crippen LogP contribution in [0.1, 0.15) is 11.1 Å². The monoisotopic (exact) mass is 258 g/mol. The molecule has 0 amide bonds. The number of thiophene rings is 1. The lowest BCUT2D eigenvalue weighted by molar-refractivity contribution is 0.620. The minimum absolute atomic E-state index is 0.119. The summed E-state index contributed by atoms with van der Waals surface area (Å²) in [5.41, 5.74) is 1.95. The van der Waals surface area contributed by atoms with Crippen LogP contribution in [0, 0.1) is 12.7 Å². The van der Waals surface area contributed by atoms with E-state index in [0.717, 1.165) is 10.3 Å². The van der Waals surface area contributed by atoms with Crippen LogP contribution in [0.15, 0.2) is 17.5 Å². The fourth-order valence-corrected chi connectivity index (χ4v) is 2.70. The molecule has 0 N–H and O–H groups in total. The normalized spacial score (nSPS) is 11.0. The third kappa shape index (κ3) is 1.51. The molecule has 1 heterocycles. The summed E-state index contributed by atoms with van der Waals surface area (Å²) in [6.07, 6.45) is 0. The second-order valence-electron chi connectivity index (χ2n) is 2.99. The van der Waals surface area contributed by atoms with Crippen molar-refractivity contribution in [3.63, 3.8) is 0 Å². The van der Waals surface area contributed by atoms with E-state index in [4.69, 9.17) is 0 Å². The van der Waals surface area contributed by atoms with Crippen molar-refractivity contribution in [2.45, 2.75) is 12.3 Å². The number of benzene rings is 1. The molecule has 0 saturated heterocycles. The summed E-state index contributed by atoms with van der Waals surface area (Å²) >= 11 is 4.86. The number of hydrogen-bond donors (Lipinski definition) is 0. The second-order valence-corrected chi connectivity index (χ2v) is 4.46. The van der Waals surface area contributed by atoms with Crippen LogP contribution in [0.3, 0.4) is 0 Å². The molecule has 0 radical (unpaired) electrons. The summed E-state index contributed by atoms with van der Waals surface area (Å²) < 4.78 is 14.3. The van der Waals surface area contributed by atoms with Gasteiger partial charge in [0, 0.05) is 10.0 Å². The van der Waals surface area contributed by atoms with Gasteiger partial charge in [0.05, 0.1) is 0 Å². The van der Waals surface area contributed by atoms with Crippen LogP contribution in [-0.2, 0) is 5.33 Å². The van der Waals surface area contributed by atoms with Gasteiger partial charge >= 0.3 is 0 Å². The maximum absolute atomic E-state index is 13.3. The van der Waals surface area contributed by atoms with Crippen LogP contribution >= 0.6 is 27.3 Å². The molecule has 0 saturated carbocycles. The molecule has 0 spiro atoms. The molecule has 68 valence electrons. The van der Waals surface area contributed by atoms with Crippen molar-refractivity contribution in [3.8, 4) is 0 Å². The molecule has 1 aromatic carbocycles. The highest BCUT2D eigenvalue weighted by atomic mass is 79.9. The first-order chi connectivity index (χ1) is 6.22. The van der Waals surface area contributed by atoms with E-state index in [1.54, 1.807) is 17.4 Å². The zero-order valence-corrected chi connectivity index (χ0v) is 9.51. The predicted molar refractivity (Wildman–Crippen MR) is 59.2 cm³/mol. The van der Waals surface area contributed by atoms with Crippen LogP contribution in [0.2, 0.25) is 0 Å². The number of aryl methyl sites for hydroxylation is 1. The third-order valence-electron chi connectivity index (χ3n) is 2.08. The van der Waals surface area contributed by atoms with Crippen LogP contribution in [0.5, 0.6) is 0 Å². The fraction of sp³-hybridized carbons (Fsp3) is 0.200. The topological polar surface area (TPSA) is 0 Å². The maximum atomic E-state index is 13.3. The average molecular weight is 259 g/mol. The van der Waals surface area contributed by atoms with Crippen molar-refractivity contribution in [2.75, 3.05) is 0 Å². The van der Waals surface area contributed by atoms with E-state index in [2.05, 4.69) is 28.2 Å². The van der Waals surface area contributed by atoms with Gasteiger partial charge in [0.15, 0.2) is 0 Å². The first kappa shape index (κ1) is 9.16. The van der Waals surface area contributed by atoms with E-state index >= 15 is 0 Å². The number of halogens is 2. The maximum Gasteiger partial charge on any atom is 0.128 e. The van der Waals surface area contributed by atoms with Gasteiger partial charge in [0.25, 0.3) is 0 Å². The molecule has 0 bridgehead atoms. The average Bonchev–Trinajstić information content (AvgIpc) is 2.46. The van der Waals surface area contributed by atoms with Gasteiger partial charge in [-0.1, -0.05) is 15.9 Å². The minimum atomic E-state index is -0.119. The van der Waals surface area contributed by atoms with Crippen molar-refractivity contribution in [3.05, 3.63) is 34.5 Å². The van der Waals surface area contributed by atoms with Gasteiger partial charge in [-0.15, -0.1) is 11.3 Å². The molecule has 13 heavy (non-hydrogen) atoms. The Morgan fingerprint density at radius 2 is 2.23 bits per heavy atom. The van der Waals surface area contributed by atoms with Gasteiger partial charge in [-0.2, -0.15) is 0 Å². The molecule has 0 aliphatic carbocycles. The van der Waals surface area contributed by atoms with Crippen molar-refractivity contribution in [2.24, 2.45) is 0 Å². The van der Waals surface area contributed by atoms with Crippen LogP contribution in [0.25, 0.3) is 10.1 Å². The fourth-order valence-electron chi connectivity index (χ4n) is 1.32. The Hall–Kier alpha value is -0.410. The minimum Gasteiger partial charge on any atom is -0.207 e. The molecular formula is C10H8BrFS. The van der Waals surface area contributed by atoms with Crippen molar-refractivity contribution < 1.29 is 4.39 Å².